The van der Waals surface area contributed by atoms with Gasteiger partial charge in [0.2, 0.25) is 0 Å². The van der Waals surface area contributed by atoms with E-state index in [9.17, 15) is 0 Å². The molecule has 3 heteroatoms. The average Bonchev–Trinajstić information content (AvgIpc) is 3.77. The van der Waals surface area contributed by atoms with Crippen molar-refractivity contribution in [3.8, 4) is 50.6 Å². The first-order valence-corrected chi connectivity index (χ1v) is 21.5. The Labute approximate surface area is 359 Å². The molecule has 10 aromatic carbocycles. The van der Waals surface area contributed by atoms with E-state index in [1.54, 1.807) is 0 Å². The first-order valence-electron chi connectivity index (χ1n) is 21.5. The van der Waals surface area contributed by atoms with Crippen LogP contribution < -0.4 is 0 Å². The number of fused-ring (bicyclic) bond motifs is 12. The Kier molecular flexibility index (Phi) is 7.36. The molecule has 290 valence electrons. The number of para-hydroxylation sites is 2. The van der Waals surface area contributed by atoms with E-state index in [-0.39, 0.29) is 5.41 Å². The molecule has 3 nitrogen and oxygen atoms in total. The van der Waals surface area contributed by atoms with Crippen molar-refractivity contribution in [2.45, 2.75) is 19.3 Å². The lowest BCUT2D eigenvalue weighted by molar-refractivity contribution is 0.661. The highest BCUT2D eigenvalue weighted by molar-refractivity contribution is 6.14. The van der Waals surface area contributed by atoms with E-state index in [0.29, 0.717) is 5.82 Å². The van der Waals surface area contributed by atoms with Crippen LogP contribution in [0.4, 0.5) is 0 Å². The van der Waals surface area contributed by atoms with Gasteiger partial charge in [0.25, 0.3) is 0 Å². The SMILES string of the molecule is CC1(C)c2cc3c(cc2-c2c1ccc1ccccc21)c1ccccc1n3-c1cc(-c2ccc3ccc4ccccc4c3c2)cc(-c2nc(-c3ccccc3)c3ccccc3n2)c1. The van der Waals surface area contributed by atoms with Crippen molar-refractivity contribution in [1.82, 2.24) is 14.5 Å². The second-order valence-electron chi connectivity index (χ2n) is 17.4. The predicted octanol–water partition coefficient (Wildman–Crippen LogP) is 15.5. The summed E-state index contributed by atoms with van der Waals surface area (Å²) in [6.07, 6.45) is 0. The summed E-state index contributed by atoms with van der Waals surface area (Å²) in [4.78, 5) is 10.7. The molecule has 0 bridgehead atoms. The second kappa shape index (κ2) is 13.1. The molecule has 0 saturated carbocycles. The van der Waals surface area contributed by atoms with Crippen molar-refractivity contribution in [3.05, 3.63) is 211 Å². The maximum atomic E-state index is 5.41. The van der Waals surface area contributed by atoms with Crippen molar-refractivity contribution in [2.24, 2.45) is 0 Å². The van der Waals surface area contributed by atoms with Crippen LogP contribution in [-0.2, 0) is 5.41 Å². The molecule has 2 aromatic heterocycles. The van der Waals surface area contributed by atoms with Crippen LogP contribution in [0.15, 0.2) is 200 Å². The van der Waals surface area contributed by atoms with Crippen LogP contribution in [0, 0.1) is 0 Å². The summed E-state index contributed by atoms with van der Waals surface area (Å²) in [7, 11) is 0. The number of benzene rings is 10. The Balaban J connectivity index is 1.11. The molecule has 13 rings (SSSR count). The van der Waals surface area contributed by atoms with Gasteiger partial charge in [0.15, 0.2) is 5.82 Å². The Hall–Kier alpha value is -7.88. The maximum Gasteiger partial charge on any atom is 0.160 e. The number of hydrogen-bond donors (Lipinski definition) is 0. The fourth-order valence-electron chi connectivity index (χ4n) is 10.5. The molecule has 2 heterocycles. The van der Waals surface area contributed by atoms with Crippen LogP contribution >= 0.6 is 0 Å². The van der Waals surface area contributed by atoms with Crippen molar-refractivity contribution in [1.29, 1.82) is 0 Å². The highest BCUT2D eigenvalue weighted by atomic mass is 15.0. The van der Waals surface area contributed by atoms with Gasteiger partial charge in [0.1, 0.15) is 0 Å². The molecular weight excluding hydrogens is 751 g/mol. The quantitative estimate of drug-likeness (QED) is 0.166. The van der Waals surface area contributed by atoms with Gasteiger partial charge in [-0.05, 0) is 114 Å². The summed E-state index contributed by atoms with van der Waals surface area (Å²) in [5.41, 5.74) is 14.8. The smallest absolute Gasteiger partial charge is 0.160 e. The summed E-state index contributed by atoms with van der Waals surface area (Å²) in [5, 5.41) is 11.0. The molecule has 12 aromatic rings. The van der Waals surface area contributed by atoms with Crippen molar-refractivity contribution < 1.29 is 0 Å². The predicted molar refractivity (Wildman–Crippen MR) is 260 cm³/mol. The van der Waals surface area contributed by atoms with Crippen LogP contribution in [0.5, 0.6) is 0 Å². The lowest BCUT2D eigenvalue weighted by Gasteiger charge is -2.22. The zero-order valence-corrected chi connectivity index (χ0v) is 34.4. The van der Waals surface area contributed by atoms with Crippen LogP contribution in [0.2, 0.25) is 0 Å². The van der Waals surface area contributed by atoms with E-state index in [1.807, 2.05) is 0 Å². The van der Waals surface area contributed by atoms with Gasteiger partial charge in [-0.3, -0.25) is 0 Å². The van der Waals surface area contributed by atoms with E-state index in [0.717, 1.165) is 44.5 Å². The third-order valence-corrected chi connectivity index (χ3v) is 13.5. The van der Waals surface area contributed by atoms with E-state index in [4.69, 9.17) is 9.97 Å². The first-order chi connectivity index (χ1) is 30.5. The topological polar surface area (TPSA) is 30.7 Å². The highest BCUT2D eigenvalue weighted by Gasteiger charge is 2.37. The van der Waals surface area contributed by atoms with Crippen LogP contribution in [0.25, 0.3) is 116 Å². The summed E-state index contributed by atoms with van der Waals surface area (Å²) in [5.74, 6) is 0.696. The first kappa shape index (κ1) is 34.9. The molecule has 0 radical (unpaired) electrons. The van der Waals surface area contributed by atoms with Crippen LogP contribution in [0.1, 0.15) is 25.0 Å². The fraction of sp³-hybridized carbons (Fsp3) is 0.0508. The third-order valence-electron chi connectivity index (χ3n) is 13.5. The van der Waals surface area contributed by atoms with Gasteiger partial charge in [-0.25, -0.2) is 9.97 Å². The fourth-order valence-corrected chi connectivity index (χ4v) is 10.5. The average molecular weight is 790 g/mol. The summed E-state index contributed by atoms with van der Waals surface area (Å²) in [6, 6.07) is 73.1. The van der Waals surface area contributed by atoms with E-state index in [2.05, 4.69) is 219 Å². The van der Waals surface area contributed by atoms with E-state index < -0.39 is 0 Å². The van der Waals surface area contributed by atoms with Crippen LogP contribution in [0.3, 0.4) is 0 Å². The molecule has 0 fully saturated rings. The molecule has 62 heavy (non-hydrogen) atoms. The van der Waals surface area contributed by atoms with Gasteiger partial charge >= 0.3 is 0 Å². The minimum absolute atomic E-state index is 0.183. The minimum atomic E-state index is -0.183. The van der Waals surface area contributed by atoms with E-state index >= 15 is 0 Å². The molecular formula is C59H39N3. The minimum Gasteiger partial charge on any atom is -0.309 e. The number of rotatable bonds is 4. The number of nitrogens with zero attached hydrogens (tertiary/aromatic N) is 3. The number of hydrogen-bond acceptors (Lipinski definition) is 2. The standard InChI is InChI=1S/C59H39N3/c1-59(2)51-29-28-37-15-7-9-19-45(37)56(51)50-34-49-46-20-11-13-23-54(46)62(55(49)35-52(50)59)43-31-41(40-27-26-38-25-24-36-14-6-8-18-44(36)48(38)33-40)30-42(32-43)58-60-53-22-12-10-21-47(53)57(61-58)39-16-4-3-5-17-39/h3-35H,1-2H3. The highest BCUT2D eigenvalue weighted by Crippen LogP contribution is 2.53. The Bertz CT molecular complexity index is 3840. The van der Waals surface area contributed by atoms with Crippen LogP contribution in [-0.4, -0.2) is 14.5 Å². The molecule has 0 unspecified atom stereocenters. The Morgan fingerprint density at radius 1 is 0.387 bits per heavy atom. The largest absolute Gasteiger partial charge is 0.309 e. The van der Waals surface area contributed by atoms with Gasteiger partial charge in [-0.1, -0.05) is 166 Å². The molecule has 0 aliphatic heterocycles. The van der Waals surface area contributed by atoms with Gasteiger partial charge in [-0.15, -0.1) is 0 Å². The molecule has 0 amide bonds. The maximum absolute atomic E-state index is 5.41. The van der Waals surface area contributed by atoms with Crippen molar-refractivity contribution >= 4 is 65.0 Å². The molecule has 0 N–H and O–H groups in total. The zero-order valence-electron chi connectivity index (χ0n) is 34.4. The van der Waals surface area contributed by atoms with Gasteiger partial charge in [0.05, 0.1) is 22.2 Å². The van der Waals surface area contributed by atoms with Crippen molar-refractivity contribution in [2.75, 3.05) is 0 Å². The lowest BCUT2D eigenvalue weighted by Crippen LogP contribution is -2.15. The zero-order chi connectivity index (χ0) is 41.1. The molecule has 1 aliphatic carbocycles. The Morgan fingerprint density at radius 2 is 1.03 bits per heavy atom. The van der Waals surface area contributed by atoms with Gasteiger partial charge in [0, 0.05) is 38.4 Å². The van der Waals surface area contributed by atoms with Gasteiger partial charge < -0.3 is 4.57 Å². The van der Waals surface area contributed by atoms with Gasteiger partial charge in [-0.2, -0.15) is 0 Å². The summed E-state index contributed by atoms with van der Waals surface area (Å²) in [6.45, 7) is 4.77. The van der Waals surface area contributed by atoms with Crippen molar-refractivity contribution in [3.63, 3.8) is 0 Å². The molecule has 0 saturated heterocycles. The normalized spacial score (nSPS) is 13.1. The monoisotopic (exact) mass is 789 g/mol. The summed E-state index contributed by atoms with van der Waals surface area (Å²) < 4.78 is 2.48. The number of aromatic nitrogens is 3. The summed E-state index contributed by atoms with van der Waals surface area (Å²) >= 11 is 0. The van der Waals surface area contributed by atoms with E-state index in [1.165, 1.54) is 76.4 Å². The lowest BCUT2D eigenvalue weighted by atomic mass is 9.82. The second-order valence-corrected chi connectivity index (χ2v) is 17.4. The molecule has 1 aliphatic rings. The third kappa shape index (κ3) is 5.12. The Morgan fingerprint density at radius 3 is 1.87 bits per heavy atom. The molecule has 0 atom stereocenters. The molecule has 0 spiro atoms.